The summed E-state index contributed by atoms with van der Waals surface area (Å²) >= 11 is 0. The van der Waals surface area contributed by atoms with Crippen LogP contribution in [-0.2, 0) is 23.1 Å². The summed E-state index contributed by atoms with van der Waals surface area (Å²) in [5, 5.41) is 11.0. The molecule has 3 aliphatic rings. The number of nitrogens with one attached hydrogen (secondary N) is 2. The molecule has 0 radical (unpaired) electrons. The van der Waals surface area contributed by atoms with Crippen LogP contribution < -0.4 is 10.6 Å². The molecule has 0 unspecified atom stereocenters. The first-order valence-electron chi connectivity index (χ1n) is 9.83. The molecule has 1 amide bonds. The number of hydrogen-bond acceptors (Lipinski definition) is 4. The molecule has 1 aliphatic carbocycles. The molecule has 1 aromatic rings. The van der Waals surface area contributed by atoms with Crippen molar-refractivity contribution in [1.82, 2.24) is 20.4 Å². The van der Waals surface area contributed by atoms with Crippen LogP contribution in [-0.4, -0.2) is 41.5 Å². The molecule has 0 bridgehead atoms. The molecule has 1 aromatic heterocycles. The van der Waals surface area contributed by atoms with Crippen molar-refractivity contribution in [3.8, 4) is 0 Å². The van der Waals surface area contributed by atoms with Gasteiger partial charge in [-0.05, 0) is 69.0 Å². The summed E-state index contributed by atoms with van der Waals surface area (Å²) in [5.41, 5.74) is 2.47. The maximum atomic E-state index is 12.8. The molecule has 2 atom stereocenters. The van der Waals surface area contributed by atoms with Crippen LogP contribution in [0.5, 0.6) is 0 Å². The standard InChI is InChI=1S/C19H30N4O2/c1-23-17(16(11-22-23)14-2-3-14)12-21-19(24)15-6-9-25-18(15)10-13-4-7-20-8-5-13/h11,13-15,18,20H,2-10,12H2,1H3,(H,21,24)/t15-,18-/m1/s1. The fraction of sp³-hybridized carbons (Fsp3) is 0.789. The van der Waals surface area contributed by atoms with Gasteiger partial charge in [0.2, 0.25) is 5.91 Å². The van der Waals surface area contributed by atoms with Gasteiger partial charge in [0.05, 0.1) is 30.5 Å². The molecule has 2 aliphatic heterocycles. The van der Waals surface area contributed by atoms with Gasteiger partial charge in [-0.3, -0.25) is 9.48 Å². The van der Waals surface area contributed by atoms with Gasteiger partial charge >= 0.3 is 0 Å². The van der Waals surface area contributed by atoms with E-state index in [1.54, 1.807) is 0 Å². The molecular weight excluding hydrogens is 316 g/mol. The third kappa shape index (κ3) is 3.90. The minimum Gasteiger partial charge on any atom is -0.377 e. The average molecular weight is 346 g/mol. The number of piperidine rings is 1. The number of aromatic nitrogens is 2. The Bertz CT molecular complexity index is 605. The first kappa shape index (κ1) is 17.0. The van der Waals surface area contributed by atoms with Gasteiger partial charge in [-0.1, -0.05) is 0 Å². The number of rotatable bonds is 6. The van der Waals surface area contributed by atoms with Gasteiger partial charge in [0.15, 0.2) is 0 Å². The van der Waals surface area contributed by atoms with Gasteiger partial charge in [0.25, 0.3) is 0 Å². The number of nitrogens with zero attached hydrogens (tertiary/aromatic N) is 2. The summed E-state index contributed by atoms with van der Waals surface area (Å²) in [6.45, 7) is 3.49. The second kappa shape index (κ2) is 7.46. The fourth-order valence-corrected chi connectivity index (χ4v) is 4.36. The number of ether oxygens (including phenoxy) is 1. The second-order valence-electron chi connectivity index (χ2n) is 7.90. The van der Waals surface area contributed by atoms with E-state index >= 15 is 0 Å². The maximum absolute atomic E-state index is 12.8. The van der Waals surface area contributed by atoms with Gasteiger partial charge in [0, 0.05) is 13.7 Å². The average Bonchev–Trinajstić information content (AvgIpc) is 3.25. The molecule has 2 N–H and O–H groups in total. The smallest absolute Gasteiger partial charge is 0.226 e. The highest BCUT2D eigenvalue weighted by molar-refractivity contribution is 5.79. The van der Waals surface area contributed by atoms with Crippen LogP contribution in [0.2, 0.25) is 0 Å². The number of aryl methyl sites for hydroxylation is 1. The van der Waals surface area contributed by atoms with E-state index in [1.165, 1.54) is 31.2 Å². The molecule has 6 heteroatoms. The molecular formula is C19H30N4O2. The number of hydrogen-bond donors (Lipinski definition) is 2. The van der Waals surface area contributed by atoms with E-state index in [1.807, 2.05) is 17.9 Å². The van der Waals surface area contributed by atoms with Gasteiger partial charge in [-0.2, -0.15) is 5.10 Å². The Balaban J connectivity index is 1.33. The van der Waals surface area contributed by atoms with Crippen molar-refractivity contribution in [3.05, 3.63) is 17.5 Å². The molecule has 0 spiro atoms. The summed E-state index contributed by atoms with van der Waals surface area (Å²) < 4.78 is 7.83. The van der Waals surface area contributed by atoms with Gasteiger partial charge in [0.1, 0.15) is 0 Å². The van der Waals surface area contributed by atoms with Crippen molar-refractivity contribution in [1.29, 1.82) is 0 Å². The van der Waals surface area contributed by atoms with Crippen LogP contribution >= 0.6 is 0 Å². The third-order valence-electron chi connectivity index (χ3n) is 6.11. The van der Waals surface area contributed by atoms with Gasteiger partial charge < -0.3 is 15.4 Å². The molecule has 25 heavy (non-hydrogen) atoms. The van der Waals surface area contributed by atoms with E-state index in [2.05, 4.69) is 15.7 Å². The summed E-state index contributed by atoms with van der Waals surface area (Å²) in [6.07, 6.45) is 8.85. The molecule has 3 heterocycles. The van der Waals surface area contributed by atoms with E-state index in [4.69, 9.17) is 4.74 Å². The van der Waals surface area contributed by atoms with Crippen LogP contribution in [0.15, 0.2) is 6.20 Å². The van der Waals surface area contributed by atoms with E-state index in [0.717, 1.165) is 31.6 Å². The van der Waals surface area contributed by atoms with Crippen molar-refractivity contribution >= 4 is 5.91 Å². The Morgan fingerprint density at radius 1 is 1.32 bits per heavy atom. The largest absolute Gasteiger partial charge is 0.377 e. The molecule has 138 valence electrons. The first-order valence-corrected chi connectivity index (χ1v) is 9.83. The lowest BCUT2D eigenvalue weighted by molar-refractivity contribution is -0.127. The lowest BCUT2D eigenvalue weighted by atomic mass is 9.87. The third-order valence-corrected chi connectivity index (χ3v) is 6.11. The predicted octanol–water partition coefficient (Wildman–Crippen LogP) is 1.71. The summed E-state index contributed by atoms with van der Waals surface area (Å²) in [4.78, 5) is 12.8. The maximum Gasteiger partial charge on any atom is 0.226 e. The minimum absolute atomic E-state index is 0.00693. The Labute approximate surface area is 149 Å². The SMILES string of the molecule is Cn1ncc(C2CC2)c1CNC(=O)[C@@H]1CCO[C@@H]1CC1CCNCC1. The van der Waals surface area contributed by atoms with Crippen LogP contribution in [0, 0.1) is 11.8 Å². The van der Waals surface area contributed by atoms with Crippen molar-refractivity contribution in [2.75, 3.05) is 19.7 Å². The first-order chi connectivity index (χ1) is 12.2. The van der Waals surface area contributed by atoms with E-state index in [0.29, 0.717) is 25.0 Å². The highest BCUT2D eigenvalue weighted by atomic mass is 16.5. The molecule has 6 nitrogen and oxygen atoms in total. The normalized spacial score (nSPS) is 27.6. The second-order valence-corrected chi connectivity index (χ2v) is 7.90. The van der Waals surface area contributed by atoms with E-state index in [-0.39, 0.29) is 17.9 Å². The van der Waals surface area contributed by atoms with Crippen molar-refractivity contribution in [3.63, 3.8) is 0 Å². The number of amides is 1. The zero-order chi connectivity index (χ0) is 17.2. The van der Waals surface area contributed by atoms with Crippen molar-refractivity contribution in [2.45, 2.75) is 57.1 Å². The summed E-state index contributed by atoms with van der Waals surface area (Å²) in [5.74, 6) is 1.51. The number of carbonyl (C=O) groups excluding carboxylic acids is 1. The van der Waals surface area contributed by atoms with Crippen LogP contribution in [0.25, 0.3) is 0 Å². The molecule has 2 saturated heterocycles. The molecule has 4 rings (SSSR count). The molecule has 1 saturated carbocycles. The van der Waals surface area contributed by atoms with Crippen LogP contribution in [0.3, 0.4) is 0 Å². The Morgan fingerprint density at radius 3 is 2.88 bits per heavy atom. The zero-order valence-electron chi connectivity index (χ0n) is 15.2. The van der Waals surface area contributed by atoms with Gasteiger partial charge in [-0.15, -0.1) is 0 Å². The topological polar surface area (TPSA) is 68.2 Å². The van der Waals surface area contributed by atoms with Crippen LogP contribution in [0.1, 0.15) is 55.7 Å². The molecule has 0 aromatic carbocycles. The monoisotopic (exact) mass is 346 g/mol. The summed E-state index contributed by atoms with van der Waals surface area (Å²) in [6, 6.07) is 0. The minimum atomic E-state index is 0.00693. The highest BCUT2D eigenvalue weighted by Crippen LogP contribution is 2.41. The highest BCUT2D eigenvalue weighted by Gasteiger charge is 2.36. The van der Waals surface area contributed by atoms with Gasteiger partial charge in [-0.25, -0.2) is 0 Å². The van der Waals surface area contributed by atoms with Crippen molar-refractivity contribution in [2.24, 2.45) is 18.9 Å². The zero-order valence-corrected chi connectivity index (χ0v) is 15.2. The predicted molar refractivity (Wildman–Crippen MR) is 95.1 cm³/mol. The van der Waals surface area contributed by atoms with E-state index in [9.17, 15) is 4.79 Å². The van der Waals surface area contributed by atoms with E-state index < -0.39 is 0 Å². The van der Waals surface area contributed by atoms with Crippen LogP contribution in [0.4, 0.5) is 0 Å². The fourth-order valence-electron chi connectivity index (χ4n) is 4.36. The lowest BCUT2D eigenvalue weighted by Crippen LogP contribution is -2.37. The Hall–Kier alpha value is -1.40. The Kier molecular flexibility index (Phi) is 5.08. The lowest BCUT2D eigenvalue weighted by Gasteiger charge is -2.27. The Morgan fingerprint density at radius 2 is 2.12 bits per heavy atom. The molecule has 3 fully saturated rings. The summed E-state index contributed by atoms with van der Waals surface area (Å²) in [7, 11) is 1.96. The van der Waals surface area contributed by atoms with Crippen molar-refractivity contribution < 1.29 is 9.53 Å². The number of carbonyl (C=O) groups is 1. The quantitative estimate of drug-likeness (QED) is 0.823.